The Hall–Kier alpha value is -2.21. The van der Waals surface area contributed by atoms with Crippen molar-refractivity contribution >= 4 is 17.6 Å². The molecule has 7 heteroatoms. The number of hydrogen-bond donors (Lipinski definition) is 0. The molecule has 0 unspecified atom stereocenters. The van der Waals surface area contributed by atoms with Crippen LogP contribution in [0.2, 0.25) is 5.02 Å². The van der Waals surface area contributed by atoms with E-state index in [9.17, 15) is 18.0 Å². The van der Waals surface area contributed by atoms with Gasteiger partial charge in [0.15, 0.2) is 0 Å². The number of halogens is 4. The second-order valence-corrected chi connectivity index (χ2v) is 5.22. The minimum atomic E-state index is -4.48. The molecule has 0 aliphatic heterocycles. The maximum Gasteiger partial charge on any atom is 0.416 e. The fourth-order valence-corrected chi connectivity index (χ4v) is 2.21. The highest BCUT2D eigenvalue weighted by atomic mass is 35.5. The molecule has 2 aromatic rings. The summed E-state index contributed by atoms with van der Waals surface area (Å²) in [6, 6.07) is 9.33. The van der Waals surface area contributed by atoms with Gasteiger partial charge in [0.05, 0.1) is 22.8 Å². The Labute approximate surface area is 142 Å². The molecular weight excluding hydrogens is 345 g/mol. The zero-order valence-electron chi connectivity index (χ0n) is 12.7. The van der Waals surface area contributed by atoms with Gasteiger partial charge in [-0.05, 0) is 31.2 Å². The van der Waals surface area contributed by atoms with Gasteiger partial charge in [-0.2, -0.15) is 13.2 Å². The minimum Gasteiger partial charge on any atom is -0.487 e. The van der Waals surface area contributed by atoms with Crippen molar-refractivity contribution in [1.29, 1.82) is 0 Å². The molecule has 0 heterocycles. The molecule has 0 saturated heterocycles. The van der Waals surface area contributed by atoms with Crippen LogP contribution in [-0.4, -0.2) is 12.6 Å². The third-order valence-corrected chi connectivity index (χ3v) is 3.46. The molecule has 0 N–H and O–H groups in total. The maximum absolute atomic E-state index is 13.0. The van der Waals surface area contributed by atoms with Crippen LogP contribution in [-0.2, 0) is 17.5 Å². The molecule has 0 aliphatic rings. The highest BCUT2D eigenvalue weighted by Crippen LogP contribution is 2.33. The quantitative estimate of drug-likeness (QED) is 0.696. The molecule has 0 fully saturated rings. The molecule has 128 valence electrons. The molecule has 2 rings (SSSR count). The molecular formula is C17H14ClF3O3. The van der Waals surface area contributed by atoms with E-state index in [1.54, 1.807) is 6.92 Å². The molecule has 0 bridgehead atoms. The Morgan fingerprint density at radius 3 is 2.54 bits per heavy atom. The lowest BCUT2D eigenvalue weighted by atomic mass is 10.1. The number of esters is 1. The number of benzene rings is 2. The summed E-state index contributed by atoms with van der Waals surface area (Å²) in [5.41, 5.74) is -0.592. The molecule has 0 spiro atoms. The number of hydrogen-bond acceptors (Lipinski definition) is 3. The third kappa shape index (κ3) is 4.41. The lowest BCUT2D eigenvalue weighted by Crippen LogP contribution is -2.11. The van der Waals surface area contributed by atoms with Gasteiger partial charge in [0.25, 0.3) is 0 Å². The van der Waals surface area contributed by atoms with Gasteiger partial charge >= 0.3 is 12.1 Å². The average Bonchev–Trinajstić information content (AvgIpc) is 2.53. The molecule has 0 aliphatic carbocycles. The summed E-state index contributed by atoms with van der Waals surface area (Å²) < 4.78 is 49.1. The van der Waals surface area contributed by atoms with Crippen molar-refractivity contribution in [2.75, 3.05) is 6.61 Å². The van der Waals surface area contributed by atoms with Crippen molar-refractivity contribution in [3.05, 3.63) is 64.2 Å². The topological polar surface area (TPSA) is 35.5 Å². The molecule has 3 nitrogen and oxygen atoms in total. The van der Waals surface area contributed by atoms with E-state index >= 15 is 0 Å². The van der Waals surface area contributed by atoms with E-state index in [4.69, 9.17) is 21.1 Å². The zero-order valence-corrected chi connectivity index (χ0v) is 13.4. The first-order valence-electron chi connectivity index (χ1n) is 7.07. The Morgan fingerprint density at radius 2 is 1.88 bits per heavy atom. The summed E-state index contributed by atoms with van der Waals surface area (Å²) in [7, 11) is 0. The number of carbonyl (C=O) groups excluding carboxylic acids is 1. The van der Waals surface area contributed by atoms with Gasteiger partial charge in [0.1, 0.15) is 12.4 Å². The van der Waals surface area contributed by atoms with E-state index in [0.29, 0.717) is 0 Å². The highest BCUT2D eigenvalue weighted by Gasteiger charge is 2.33. The molecule has 0 radical (unpaired) electrons. The monoisotopic (exact) mass is 358 g/mol. The molecule has 0 amide bonds. The Balaban J connectivity index is 2.21. The summed E-state index contributed by atoms with van der Waals surface area (Å²) in [5.74, 6) is -0.450. The van der Waals surface area contributed by atoms with Crippen LogP contribution in [0.25, 0.3) is 0 Å². The summed E-state index contributed by atoms with van der Waals surface area (Å²) in [4.78, 5) is 11.7. The Kier molecular flexibility index (Phi) is 5.72. The van der Waals surface area contributed by atoms with Crippen LogP contribution in [0.4, 0.5) is 13.2 Å². The lowest BCUT2D eigenvalue weighted by Gasteiger charge is -2.14. The van der Waals surface area contributed by atoms with Crippen molar-refractivity contribution in [3.63, 3.8) is 0 Å². The van der Waals surface area contributed by atoms with Gasteiger partial charge < -0.3 is 9.47 Å². The minimum absolute atomic E-state index is 0.0254. The van der Waals surface area contributed by atoms with E-state index in [1.807, 2.05) is 0 Å². The van der Waals surface area contributed by atoms with Gasteiger partial charge in [-0.3, -0.25) is 0 Å². The Bertz CT molecular complexity index is 729. The van der Waals surface area contributed by atoms with Gasteiger partial charge in [-0.25, -0.2) is 4.79 Å². The van der Waals surface area contributed by atoms with E-state index in [0.717, 1.165) is 6.07 Å². The smallest absolute Gasteiger partial charge is 0.416 e. The van der Waals surface area contributed by atoms with E-state index in [1.165, 1.54) is 36.4 Å². The molecule has 2 aromatic carbocycles. The van der Waals surface area contributed by atoms with Crippen LogP contribution >= 0.6 is 11.6 Å². The Morgan fingerprint density at radius 1 is 1.17 bits per heavy atom. The second-order valence-electron chi connectivity index (χ2n) is 4.81. The first kappa shape index (κ1) is 18.1. The van der Waals surface area contributed by atoms with Crippen molar-refractivity contribution in [3.8, 4) is 5.75 Å². The van der Waals surface area contributed by atoms with Gasteiger partial charge in [-0.15, -0.1) is 0 Å². The SMILES string of the molecule is CCOC(=O)c1ccc(Cl)c(OCc2ccccc2C(F)(F)F)c1. The zero-order chi connectivity index (χ0) is 17.7. The van der Waals surface area contributed by atoms with Gasteiger partial charge in [0.2, 0.25) is 0 Å². The first-order valence-corrected chi connectivity index (χ1v) is 7.45. The van der Waals surface area contributed by atoms with Crippen molar-refractivity contribution in [2.45, 2.75) is 19.7 Å². The van der Waals surface area contributed by atoms with Crippen molar-refractivity contribution in [1.82, 2.24) is 0 Å². The van der Waals surface area contributed by atoms with Crippen molar-refractivity contribution in [2.24, 2.45) is 0 Å². The van der Waals surface area contributed by atoms with E-state index in [-0.39, 0.29) is 35.1 Å². The van der Waals surface area contributed by atoms with Crippen LogP contribution in [0.3, 0.4) is 0 Å². The summed E-state index contributed by atoms with van der Waals surface area (Å²) in [6.45, 7) is 1.54. The van der Waals surface area contributed by atoms with E-state index in [2.05, 4.69) is 0 Å². The predicted molar refractivity (Wildman–Crippen MR) is 83.2 cm³/mol. The van der Waals surface area contributed by atoms with Gasteiger partial charge in [-0.1, -0.05) is 29.8 Å². The number of ether oxygens (including phenoxy) is 2. The second kappa shape index (κ2) is 7.57. The fraction of sp³-hybridized carbons (Fsp3) is 0.235. The first-order chi connectivity index (χ1) is 11.3. The third-order valence-electron chi connectivity index (χ3n) is 3.15. The molecule has 0 saturated carbocycles. The standard InChI is InChI=1S/C17H14ClF3O3/c1-2-23-16(22)11-7-8-14(18)15(9-11)24-10-12-5-3-4-6-13(12)17(19,20)21/h3-9H,2,10H2,1H3. The van der Waals surface area contributed by atoms with Crippen LogP contribution < -0.4 is 4.74 Å². The molecule has 0 aromatic heterocycles. The lowest BCUT2D eigenvalue weighted by molar-refractivity contribution is -0.138. The largest absolute Gasteiger partial charge is 0.487 e. The van der Waals surface area contributed by atoms with Gasteiger partial charge in [0, 0.05) is 5.56 Å². The number of rotatable bonds is 5. The van der Waals surface area contributed by atoms with Crippen molar-refractivity contribution < 1.29 is 27.4 Å². The number of carbonyl (C=O) groups is 1. The van der Waals surface area contributed by atoms with Crippen LogP contribution in [0.15, 0.2) is 42.5 Å². The van der Waals surface area contributed by atoms with Crippen LogP contribution in [0.1, 0.15) is 28.4 Å². The summed E-state index contributed by atoms with van der Waals surface area (Å²) in [6.07, 6.45) is -4.48. The maximum atomic E-state index is 13.0. The van der Waals surface area contributed by atoms with Crippen LogP contribution in [0, 0.1) is 0 Å². The summed E-state index contributed by atoms with van der Waals surface area (Å²) in [5, 5.41) is 0.188. The van der Waals surface area contributed by atoms with E-state index < -0.39 is 17.7 Å². The molecule has 0 atom stereocenters. The molecule has 24 heavy (non-hydrogen) atoms. The predicted octanol–water partition coefficient (Wildman–Crippen LogP) is 5.11. The van der Waals surface area contributed by atoms with Crippen LogP contribution in [0.5, 0.6) is 5.75 Å². The normalized spacial score (nSPS) is 11.2. The average molecular weight is 359 g/mol. The highest BCUT2D eigenvalue weighted by molar-refractivity contribution is 6.32. The fourth-order valence-electron chi connectivity index (χ4n) is 2.03. The summed E-state index contributed by atoms with van der Waals surface area (Å²) >= 11 is 5.97. The number of alkyl halides is 3.